The second kappa shape index (κ2) is 9.33. The highest BCUT2D eigenvalue weighted by atomic mass is 19.4. The van der Waals surface area contributed by atoms with Crippen LogP contribution >= 0.6 is 0 Å². The number of nitrogens with zero attached hydrogens (tertiary/aromatic N) is 3. The number of aromatic nitrogens is 1. The van der Waals surface area contributed by atoms with Crippen LogP contribution in [0.2, 0.25) is 0 Å². The molecule has 1 aromatic rings. The first kappa shape index (κ1) is 23.8. The number of amides is 3. The molecule has 1 unspecified atom stereocenters. The van der Waals surface area contributed by atoms with Gasteiger partial charge in [0.15, 0.2) is 0 Å². The second-order valence-electron chi connectivity index (χ2n) is 8.58. The van der Waals surface area contributed by atoms with Gasteiger partial charge in [-0.05, 0) is 51.2 Å². The molecule has 2 aliphatic heterocycles. The lowest BCUT2D eigenvalue weighted by atomic mass is 9.78. The van der Waals surface area contributed by atoms with Crippen molar-refractivity contribution in [1.82, 2.24) is 20.1 Å². The molecule has 1 atom stereocenters. The molecule has 4 rings (SSSR count). The number of urea groups is 1. The van der Waals surface area contributed by atoms with Crippen LogP contribution in [0.5, 0.6) is 0 Å². The van der Waals surface area contributed by atoms with Gasteiger partial charge in [0.25, 0.3) is 0 Å². The number of piperidine rings is 1. The van der Waals surface area contributed by atoms with Gasteiger partial charge in [-0.1, -0.05) is 6.07 Å². The number of alkyl halides is 3. The quantitative estimate of drug-likeness (QED) is 0.728. The molecule has 2 saturated heterocycles. The van der Waals surface area contributed by atoms with Gasteiger partial charge in [0.2, 0.25) is 5.91 Å². The van der Waals surface area contributed by atoms with Crippen LogP contribution in [0, 0.1) is 12.3 Å². The molecule has 0 aromatic carbocycles. The minimum Gasteiger partial charge on any atom is -0.475 e. The molecular formula is C21H27F3N4O4. The van der Waals surface area contributed by atoms with E-state index in [0.29, 0.717) is 19.1 Å². The summed E-state index contributed by atoms with van der Waals surface area (Å²) >= 11 is 0. The summed E-state index contributed by atoms with van der Waals surface area (Å²) in [5, 5.41) is 10.2. The number of hydrogen-bond donors (Lipinski definition) is 2. The van der Waals surface area contributed by atoms with Gasteiger partial charge in [-0.2, -0.15) is 13.2 Å². The number of nitrogens with one attached hydrogen (secondary N) is 1. The summed E-state index contributed by atoms with van der Waals surface area (Å²) in [5.74, 6) is -2.56. The van der Waals surface area contributed by atoms with Gasteiger partial charge in [-0.25, -0.2) is 9.59 Å². The highest BCUT2D eigenvalue weighted by Gasteiger charge is 2.49. The van der Waals surface area contributed by atoms with E-state index in [2.05, 4.69) is 10.3 Å². The topological polar surface area (TPSA) is 103 Å². The Morgan fingerprint density at radius 2 is 1.94 bits per heavy atom. The first-order valence-electron chi connectivity index (χ1n) is 10.6. The molecular weight excluding hydrogens is 429 g/mol. The van der Waals surface area contributed by atoms with Crippen molar-refractivity contribution in [2.24, 2.45) is 5.41 Å². The van der Waals surface area contributed by atoms with Gasteiger partial charge >= 0.3 is 18.2 Å². The molecule has 3 amide bonds. The van der Waals surface area contributed by atoms with Gasteiger partial charge in [-0.3, -0.25) is 9.78 Å². The molecule has 1 aromatic heterocycles. The van der Waals surface area contributed by atoms with Crippen molar-refractivity contribution < 1.29 is 32.7 Å². The van der Waals surface area contributed by atoms with Crippen molar-refractivity contribution in [3.8, 4) is 0 Å². The predicted molar refractivity (Wildman–Crippen MR) is 107 cm³/mol. The van der Waals surface area contributed by atoms with Crippen LogP contribution in [0.1, 0.15) is 43.5 Å². The molecule has 0 radical (unpaired) electrons. The van der Waals surface area contributed by atoms with Crippen LogP contribution < -0.4 is 5.32 Å². The van der Waals surface area contributed by atoms with Crippen molar-refractivity contribution in [3.05, 3.63) is 29.6 Å². The zero-order valence-corrected chi connectivity index (χ0v) is 17.8. The molecule has 32 heavy (non-hydrogen) atoms. The van der Waals surface area contributed by atoms with Crippen LogP contribution in [-0.4, -0.2) is 69.7 Å². The lowest BCUT2D eigenvalue weighted by molar-refractivity contribution is -0.192. The number of carbonyl (C=O) groups is 3. The number of carbonyl (C=O) groups excluding carboxylic acids is 2. The Morgan fingerprint density at radius 3 is 2.53 bits per heavy atom. The molecule has 1 aliphatic carbocycles. The number of aliphatic carboxylic acids is 1. The van der Waals surface area contributed by atoms with Crippen LogP contribution in [0.15, 0.2) is 18.2 Å². The largest absolute Gasteiger partial charge is 0.490 e. The van der Waals surface area contributed by atoms with Crippen molar-refractivity contribution in [3.63, 3.8) is 0 Å². The standard InChI is InChI=1S/C19H26N4O2.C2HF3O2/c1-14-4-2-5-16(20-14)12-22-11-9-19(17(22)24)8-3-10-23(13-19)18(25)21-15-6-7-15;3-2(4,5)1(6)7/h2,4-5,15H,3,6-13H2,1H3,(H,21,25);(H,6,7). The zero-order valence-electron chi connectivity index (χ0n) is 17.8. The number of hydrogen-bond acceptors (Lipinski definition) is 4. The van der Waals surface area contributed by atoms with Crippen LogP contribution in [0.3, 0.4) is 0 Å². The molecule has 3 aliphatic rings. The molecule has 1 spiro atoms. The molecule has 3 heterocycles. The summed E-state index contributed by atoms with van der Waals surface area (Å²) in [6, 6.07) is 6.29. The van der Waals surface area contributed by atoms with E-state index < -0.39 is 12.1 Å². The van der Waals surface area contributed by atoms with E-state index in [9.17, 15) is 22.8 Å². The van der Waals surface area contributed by atoms with Gasteiger partial charge in [0, 0.05) is 31.4 Å². The number of halogens is 3. The first-order chi connectivity index (χ1) is 15.0. The summed E-state index contributed by atoms with van der Waals surface area (Å²) in [7, 11) is 0. The van der Waals surface area contributed by atoms with Crippen LogP contribution in [-0.2, 0) is 16.1 Å². The molecule has 8 nitrogen and oxygen atoms in total. The van der Waals surface area contributed by atoms with Crippen molar-refractivity contribution in [1.29, 1.82) is 0 Å². The van der Waals surface area contributed by atoms with Crippen molar-refractivity contribution in [2.75, 3.05) is 19.6 Å². The zero-order chi connectivity index (χ0) is 23.5. The Morgan fingerprint density at radius 1 is 1.25 bits per heavy atom. The van der Waals surface area contributed by atoms with E-state index in [0.717, 1.165) is 56.6 Å². The molecule has 11 heteroatoms. The Bertz CT molecular complexity index is 875. The minimum atomic E-state index is -5.08. The summed E-state index contributed by atoms with van der Waals surface area (Å²) < 4.78 is 31.7. The van der Waals surface area contributed by atoms with E-state index >= 15 is 0 Å². The van der Waals surface area contributed by atoms with E-state index in [1.54, 1.807) is 0 Å². The third-order valence-electron chi connectivity index (χ3n) is 5.91. The third kappa shape index (κ3) is 5.89. The lowest BCUT2D eigenvalue weighted by Gasteiger charge is -2.39. The molecule has 2 N–H and O–H groups in total. The van der Waals surface area contributed by atoms with Gasteiger partial charge in [-0.15, -0.1) is 0 Å². The average Bonchev–Trinajstić information content (AvgIpc) is 3.49. The normalized spacial score (nSPS) is 23.1. The maximum absolute atomic E-state index is 13.1. The molecule has 176 valence electrons. The Kier molecular flexibility index (Phi) is 6.94. The van der Waals surface area contributed by atoms with E-state index in [-0.39, 0.29) is 17.4 Å². The summed E-state index contributed by atoms with van der Waals surface area (Å²) in [5.41, 5.74) is 1.52. The number of carboxylic acids is 1. The summed E-state index contributed by atoms with van der Waals surface area (Å²) in [6.07, 6.45) is -0.288. The predicted octanol–water partition coefficient (Wildman–Crippen LogP) is 2.71. The maximum Gasteiger partial charge on any atom is 0.490 e. The van der Waals surface area contributed by atoms with Gasteiger partial charge < -0.3 is 20.2 Å². The number of likely N-dealkylation sites (tertiary alicyclic amines) is 2. The van der Waals surface area contributed by atoms with Crippen molar-refractivity contribution in [2.45, 2.75) is 57.8 Å². The molecule has 3 fully saturated rings. The fraction of sp³-hybridized carbons (Fsp3) is 0.619. The average molecular weight is 456 g/mol. The SMILES string of the molecule is Cc1cccc(CN2CCC3(CCCN(C(=O)NC4CC4)C3)C2=O)n1.O=C(O)C(F)(F)F. The maximum atomic E-state index is 13.1. The third-order valence-corrected chi connectivity index (χ3v) is 5.91. The smallest absolute Gasteiger partial charge is 0.475 e. The number of carboxylic acid groups (broad SMARTS) is 1. The van der Waals surface area contributed by atoms with E-state index in [1.165, 1.54) is 0 Å². The van der Waals surface area contributed by atoms with E-state index in [1.807, 2.05) is 34.9 Å². The number of rotatable bonds is 3. The van der Waals surface area contributed by atoms with Gasteiger partial charge in [0.1, 0.15) is 0 Å². The Hall–Kier alpha value is -2.85. The van der Waals surface area contributed by atoms with Crippen LogP contribution in [0.25, 0.3) is 0 Å². The monoisotopic (exact) mass is 456 g/mol. The number of aryl methyl sites for hydroxylation is 1. The molecule has 1 saturated carbocycles. The Balaban J connectivity index is 0.000000360. The van der Waals surface area contributed by atoms with Crippen LogP contribution in [0.4, 0.5) is 18.0 Å². The second-order valence-corrected chi connectivity index (χ2v) is 8.58. The first-order valence-corrected chi connectivity index (χ1v) is 10.6. The number of pyridine rings is 1. The summed E-state index contributed by atoms with van der Waals surface area (Å²) in [6.45, 7) is 4.60. The fourth-order valence-electron chi connectivity index (χ4n) is 4.10. The Labute approximate surface area is 183 Å². The summed E-state index contributed by atoms with van der Waals surface area (Å²) in [4.78, 5) is 42.7. The minimum absolute atomic E-state index is 0.00757. The van der Waals surface area contributed by atoms with E-state index in [4.69, 9.17) is 9.90 Å². The fourth-order valence-corrected chi connectivity index (χ4v) is 4.10. The highest BCUT2D eigenvalue weighted by Crippen LogP contribution is 2.40. The molecule has 0 bridgehead atoms. The lowest BCUT2D eigenvalue weighted by Crippen LogP contribution is -2.52. The highest BCUT2D eigenvalue weighted by molar-refractivity contribution is 5.86. The van der Waals surface area contributed by atoms with Gasteiger partial charge in [0.05, 0.1) is 17.7 Å². The van der Waals surface area contributed by atoms with Crippen molar-refractivity contribution >= 4 is 17.9 Å².